The first kappa shape index (κ1) is 20.2. The molecule has 2 aromatic carbocycles. The van der Waals surface area contributed by atoms with Gasteiger partial charge in [0.2, 0.25) is 0 Å². The van der Waals surface area contributed by atoms with E-state index in [0.29, 0.717) is 36.6 Å². The van der Waals surface area contributed by atoms with E-state index >= 15 is 0 Å². The van der Waals surface area contributed by atoms with Crippen molar-refractivity contribution in [2.75, 3.05) is 0 Å². The molecule has 1 fully saturated rings. The quantitative estimate of drug-likeness (QED) is 0.547. The summed E-state index contributed by atoms with van der Waals surface area (Å²) in [5.74, 6) is 2.99. The highest BCUT2D eigenvalue weighted by Gasteiger charge is 2.49. The summed E-state index contributed by atoms with van der Waals surface area (Å²) in [5, 5.41) is 0. The molecule has 29 heavy (non-hydrogen) atoms. The fraction of sp³-hybridized carbons (Fsp3) is 0.519. The lowest BCUT2D eigenvalue weighted by Crippen LogP contribution is -2.43. The maximum atomic E-state index is 12.6. The van der Waals surface area contributed by atoms with E-state index in [9.17, 15) is 4.79 Å². The second-order valence-corrected chi connectivity index (χ2v) is 9.81. The van der Waals surface area contributed by atoms with Gasteiger partial charge in [0.15, 0.2) is 0 Å². The Morgan fingerprint density at radius 3 is 2.66 bits per heavy atom. The van der Waals surface area contributed by atoms with Gasteiger partial charge in [-0.3, -0.25) is 4.79 Å². The van der Waals surface area contributed by atoms with Crippen LogP contribution in [0, 0.1) is 17.3 Å². The zero-order valence-corrected chi connectivity index (χ0v) is 18.1. The Hall–Kier alpha value is -2.09. The predicted octanol–water partition coefficient (Wildman–Crippen LogP) is 6.72. The van der Waals surface area contributed by atoms with E-state index in [1.807, 2.05) is 18.2 Å². The zero-order chi connectivity index (χ0) is 20.4. The van der Waals surface area contributed by atoms with Gasteiger partial charge >= 0.3 is 0 Å². The number of ketones is 1. The number of benzene rings is 2. The molecule has 0 saturated heterocycles. The molecule has 0 bridgehead atoms. The third kappa shape index (κ3) is 4.27. The highest BCUT2D eigenvalue weighted by atomic mass is 16.5. The Balaban J connectivity index is 1.53. The van der Waals surface area contributed by atoms with Crippen molar-refractivity contribution in [3.63, 3.8) is 0 Å². The van der Waals surface area contributed by atoms with E-state index in [-0.39, 0.29) is 5.41 Å². The Morgan fingerprint density at radius 1 is 1.10 bits per heavy atom. The van der Waals surface area contributed by atoms with Crippen LogP contribution in [0.25, 0.3) is 0 Å². The van der Waals surface area contributed by atoms with Crippen LogP contribution in [0.4, 0.5) is 0 Å². The molecule has 1 saturated carbocycles. The first-order valence-corrected chi connectivity index (χ1v) is 11.3. The van der Waals surface area contributed by atoms with Gasteiger partial charge in [0.1, 0.15) is 18.1 Å². The number of carbonyl (C=O) groups excluding carboxylic acids is 1. The van der Waals surface area contributed by atoms with E-state index in [1.54, 1.807) is 0 Å². The van der Waals surface area contributed by atoms with Crippen LogP contribution in [-0.4, -0.2) is 5.78 Å². The number of carbonyl (C=O) groups is 1. The van der Waals surface area contributed by atoms with Crippen LogP contribution in [0.3, 0.4) is 0 Å². The van der Waals surface area contributed by atoms with Crippen molar-refractivity contribution in [3.05, 3.63) is 65.2 Å². The first-order valence-electron chi connectivity index (χ1n) is 11.3. The Kier molecular flexibility index (Phi) is 5.81. The van der Waals surface area contributed by atoms with E-state index in [0.717, 1.165) is 18.6 Å². The van der Waals surface area contributed by atoms with Crippen molar-refractivity contribution in [1.29, 1.82) is 0 Å². The summed E-state index contributed by atoms with van der Waals surface area (Å²) in [6.07, 6.45) is 6.18. The van der Waals surface area contributed by atoms with Crippen molar-refractivity contribution >= 4 is 5.78 Å². The van der Waals surface area contributed by atoms with Gasteiger partial charge in [0.05, 0.1) is 0 Å². The summed E-state index contributed by atoms with van der Waals surface area (Å²) < 4.78 is 6.06. The standard InChI is InChI=1S/C27H34O2/c1-19(2)9-10-22-16-23(28)17-26-25-12-11-24(15-21(25)13-14-27(22,26)3)29-18-20-7-5-4-6-8-20/h4-8,11-12,15,19,22,26H,9-10,13-14,16-18H2,1-3H3. The van der Waals surface area contributed by atoms with E-state index in [2.05, 4.69) is 51.1 Å². The lowest BCUT2D eigenvalue weighted by molar-refractivity contribution is -0.126. The van der Waals surface area contributed by atoms with Crippen LogP contribution in [0.1, 0.15) is 75.5 Å². The largest absolute Gasteiger partial charge is 0.489 e. The van der Waals surface area contributed by atoms with Gasteiger partial charge in [-0.15, -0.1) is 0 Å². The van der Waals surface area contributed by atoms with Gasteiger partial charge in [-0.05, 0) is 71.3 Å². The van der Waals surface area contributed by atoms with Gasteiger partial charge in [0, 0.05) is 12.8 Å². The topological polar surface area (TPSA) is 26.3 Å². The number of Topliss-reactive ketones (excluding diaryl/α,β-unsaturated/α-hetero) is 1. The van der Waals surface area contributed by atoms with Gasteiger partial charge in [-0.1, -0.05) is 63.6 Å². The van der Waals surface area contributed by atoms with Crippen molar-refractivity contribution in [2.45, 2.75) is 71.8 Å². The number of hydrogen-bond donors (Lipinski definition) is 0. The third-order valence-corrected chi connectivity index (χ3v) is 7.40. The van der Waals surface area contributed by atoms with E-state index in [4.69, 9.17) is 4.74 Å². The lowest BCUT2D eigenvalue weighted by atomic mass is 9.53. The van der Waals surface area contributed by atoms with Gasteiger partial charge < -0.3 is 4.74 Å². The fourth-order valence-electron chi connectivity index (χ4n) is 5.52. The van der Waals surface area contributed by atoms with Crippen molar-refractivity contribution in [1.82, 2.24) is 0 Å². The molecule has 2 aliphatic carbocycles. The number of rotatable bonds is 6. The lowest BCUT2D eigenvalue weighted by Gasteiger charge is -2.51. The normalized spacial score (nSPS) is 26.1. The second-order valence-electron chi connectivity index (χ2n) is 9.81. The highest BCUT2D eigenvalue weighted by Crippen LogP contribution is 2.57. The molecular formula is C27H34O2. The summed E-state index contributed by atoms with van der Waals surface area (Å²) in [6.45, 7) is 7.63. The van der Waals surface area contributed by atoms with Gasteiger partial charge in [-0.2, -0.15) is 0 Å². The second kappa shape index (κ2) is 8.34. The number of aryl methyl sites for hydroxylation is 1. The van der Waals surface area contributed by atoms with Crippen molar-refractivity contribution < 1.29 is 9.53 Å². The average molecular weight is 391 g/mol. The van der Waals surface area contributed by atoms with Gasteiger partial charge in [0.25, 0.3) is 0 Å². The smallest absolute Gasteiger partial charge is 0.133 e. The van der Waals surface area contributed by atoms with Crippen LogP contribution in [0.15, 0.2) is 48.5 Å². The fourth-order valence-corrected chi connectivity index (χ4v) is 5.52. The first-order chi connectivity index (χ1) is 14.0. The zero-order valence-electron chi connectivity index (χ0n) is 18.1. The summed E-state index contributed by atoms with van der Waals surface area (Å²) in [5.41, 5.74) is 4.22. The van der Waals surface area contributed by atoms with E-state index in [1.165, 1.54) is 36.0 Å². The molecule has 2 nitrogen and oxygen atoms in total. The molecule has 0 spiro atoms. The minimum atomic E-state index is 0.252. The molecule has 2 aliphatic rings. The minimum absolute atomic E-state index is 0.252. The van der Waals surface area contributed by atoms with Crippen LogP contribution < -0.4 is 4.74 Å². The molecule has 0 aliphatic heterocycles. The van der Waals surface area contributed by atoms with Crippen LogP contribution >= 0.6 is 0 Å². The van der Waals surface area contributed by atoms with Crippen LogP contribution in [0.5, 0.6) is 5.75 Å². The molecule has 3 unspecified atom stereocenters. The Labute approximate surface area is 175 Å². The number of ether oxygens (including phenoxy) is 1. The Morgan fingerprint density at radius 2 is 1.90 bits per heavy atom. The van der Waals surface area contributed by atoms with Crippen molar-refractivity contribution in [3.8, 4) is 5.75 Å². The van der Waals surface area contributed by atoms with Crippen LogP contribution in [-0.2, 0) is 17.8 Å². The van der Waals surface area contributed by atoms with E-state index < -0.39 is 0 Å². The molecular weight excluding hydrogens is 356 g/mol. The molecule has 3 atom stereocenters. The highest BCUT2D eigenvalue weighted by molar-refractivity contribution is 5.81. The maximum Gasteiger partial charge on any atom is 0.133 e. The monoisotopic (exact) mass is 390 g/mol. The summed E-state index contributed by atoms with van der Waals surface area (Å²) in [4.78, 5) is 12.6. The molecule has 0 heterocycles. The average Bonchev–Trinajstić information content (AvgIpc) is 2.72. The number of fused-ring (bicyclic) bond motifs is 3. The summed E-state index contributed by atoms with van der Waals surface area (Å²) in [7, 11) is 0. The molecule has 2 heteroatoms. The third-order valence-electron chi connectivity index (χ3n) is 7.40. The van der Waals surface area contributed by atoms with Crippen molar-refractivity contribution in [2.24, 2.45) is 17.3 Å². The summed E-state index contributed by atoms with van der Waals surface area (Å²) >= 11 is 0. The molecule has 2 aromatic rings. The SMILES string of the molecule is CC(C)CCC1CC(=O)CC2c3ccc(OCc4ccccc4)cc3CCC12C. The molecule has 0 aromatic heterocycles. The maximum absolute atomic E-state index is 12.6. The molecule has 0 N–H and O–H groups in total. The molecule has 0 radical (unpaired) electrons. The Bertz CT molecular complexity index is 854. The minimum Gasteiger partial charge on any atom is -0.489 e. The van der Waals surface area contributed by atoms with Gasteiger partial charge in [-0.25, -0.2) is 0 Å². The number of hydrogen-bond acceptors (Lipinski definition) is 2. The molecule has 0 amide bonds. The molecule has 154 valence electrons. The summed E-state index contributed by atoms with van der Waals surface area (Å²) in [6, 6.07) is 16.9. The predicted molar refractivity (Wildman–Crippen MR) is 118 cm³/mol. The van der Waals surface area contributed by atoms with Crippen LogP contribution in [0.2, 0.25) is 0 Å². The molecule has 4 rings (SSSR count).